The first kappa shape index (κ1) is 49.1. The first-order valence-corrected chi connectivity index (χ1v) is 29.6. The largest absolute Gasteiger partial charge is 0.310 e. The summed E-state index contributed by atoms with van der Waals surface area (Å²) in [5.74, 6) is 1.45. The van der Waals surface area contributed by atoms with Gasteiger partial charge in [0.25, 0.3) is 0 Å². The standard InChI is InChI=1S/C79H71N/c1-75(2,3)52-32-36-54(37-33-52)79(55-38-34-53(35-39-55)76(4,5)6)71-27-16-13-21-63(71)66-45-43-59(48-73(66)79)80(58-42-44-65-62-20-12-15-26-70(62)78(72(65)47-58)49-50-28-31-56(78)46-50)57-40-29-51(30-41-57)60-18-9-10-19-61(60)67-23-17-24-68-64-22-11-14-25-69(64)77(7,8)74(67)68/h9-27,29-30,32-45,47-48,50,56H,28,31,46,49H2,1-8H3. The molecular weight excluding hydrogens is 963 g/mol. The summed E-state index contributed by atoms with van der Waals surface area (Å²) in [7, 11) is 0. The summed E-state index contributed by atoms with van der Waals surface area (Å²) in [4.78, 5) is 2.59. The topological polar surface area (TPSA) is 3.24 Å². The molecule has 2 bridgehead atoms. The molecule has 10 aromatic rings. The molecule has 0 radical (unpaired) electrons. The average molecular weight is 1030 g/mol. The highest BCUT2D eigenvalue weighted by Crippen LogP contribution is 2.66. The zero-order chi connectivity index (χ0) is 54.5. The molecule has 80 heavy (non-hydrogen) atoms. The fourth-order valence-corrected chi connectivity index (χ4v) is 16.4. The van der Waals surface area contributed by atoms with Gasteiger partial charge in [0.15, 0.2) is 0 Å². The normalized spacial score (nSPS) is 19.3. The molecule has 1 spiro atoms. The molecule has 15 rings (SSSR count). The van der Waals surface area contributed by atoms with Crippen LogP contribution in [0, 0.1) is 11.8 Å². The molecule has 0 aromatic heterocycles. The number of benzene rings is 10. The molecule has 10 aromatic carbocycles. The van der Waals surface area contributed by atoms with Crippen molar-refractivity contribution in [2.24, 2.45) is 11.8 Å². The van der Waals surface area contributed by atoms with E-state index in [1.54, 1.807) is 5.56 Å². The molecule has 3 unspecified atom stereocenters. The van der Waals surface area contributed by atoms with Crippen LogP contribution in [-0.2, 0) is 27.1 Å². The molecule has 0 aliphatic heterocycles. The van der Waals surface area contributed by atoms with E-state index in [4.69, 9.17) is 0 Å². The molecule has 2 fully saturated rings. The van der Waals surface area contributed by atoms with Gasteiger partial charge in [-0.2, -0.15) is 0 Å². The molecular formula is C79H71N. The van der Waals surface area contributed by atoms with Gasteiger partial charge in [-0.05, 0) is 190 Å². The Morgan fingerprint density at radius 3 is 1.39 bits per heavy atom. The van der Waals surface area contributed by atoms with E-state index < -0.39 is 5.41 Å². The number of hydrogen-bond donors (Lipinski definition) is 0. The van der Waals surface area contributed by atoms with E-state index in [1.807, 2.05) is 0 Å². The number of rotatable bonds is 7. The summed E-state index contributed by atoms with van der Waals surface area (Å²) < 4.78 is 0. The number of hydrogen-bond acceptors (Lipinski definition) is 1. The van der Waals surface area contributed by atoms with E-state index in [9.17, 15) is 0 Å². The van der Waals surface area contributed by atoms with Crippen LogP contribution in [0.2, 0.25) is 0 Å². The van der Waals surface area contributed by atoms with E-state index in [1.165, 1.54) is 137 Å². The highest BCUT2D eigenvalue weighted by Gasteiger charge is 2.57. The SMILES string of the molecule is CC(C)(C)c1ccc(C2(c3ccc(C(C)(C)C)cc3)c3ccccc3-c3ccc(N(c4ccc(-c5ccccc5-c5cccc6c5C(C)(C)c5ccccc5-6)cc4)c4ccc5c(c4)C4(CC6CCC4C6)c4ccccc4-5)cc32)cc1. The van der Waals surface area contributed by atoms with Crippen molar-refractivity contribution in [3.8, 4) is 55.6 Å². The van der Waals surface area contributed by atoms with Crippen LogP contribution in [0.5, 0.6) is 0 Å². The monoisotopic (exact) mass is 1030 g/mol. The molecule has 0 amide bonds. The quantitative estimate of drug-likeness (QED) is 0.154. The lowest BCUT2D eigenvalue weighted by atomic mass is 9.66. The Kier molecular flexibility index (Phi) is 10.7. The lowest BCUT2D eigenvalue weighted by Gasteiger charge is -2.37. The predicted octanol–water partition coefficient (Wildman–Crippen LogP) is 20.8. The highest BCUT2D eigenvalue weighted by atomic mass is 15.1. The Morgan fingerprint density at radius 1 is 0.375 bits per heavy atom. The smallest absolute Gasteiger partial charge is 0.0714 e. The van der Waals surface area contributed by atoms with Crippen molar-refractivity contribution in [3.05, 3.63) is 280 Å². The minimum absolute atomic E-state index is 0.0236. The minimum atomic E-state index is -0.575. The van der Waals surface area contributed by atoms with Crippen molar-refractivity contribution < 1.29 is 0 Å². The van der Waals surface area contributed by atoms with Gasteiger partial charge < -0.3 is 4.90 Å². The molecule has 5 aliphatic carbocycles. The molecule has 2 saturated carbocycles. The van der Waals surface area contributed by atoms with Crippen LogP contribution < -0.4 is 4.90 Å². The first-order chi connectivity index (χ1) is 38.7. The maximum atomic E-state index is 2.63. The maximum absolute atomic E-state index is 2.63. The van der Waals surface area contributed by atoms with E-state index in [0.29, 0.717) is 5.92 Å². The fraction of sp³-hybridized carbons (Fsp3) is 0.241. The molecule has 3 atom stereocenters. The van der Waals surface area contributed by atoms with Crippen molar-refractivity contribution in [1.29, 1.82) is 0 Å². The second kappa shape index (κ2) is 17.5. The molecule has 1 heteroatoms. The number of anilines is 3. The summed E-state index contributed by atoms with van der Waals surface area (Å²) in [6, 6.07) is 87.4. The molecule has 1 nitrogen and oxygen atoms in total. The second-order valence-electron chi connectivity index (χ2n) is 26.8. The van der Waals surface area contributed by atoms with Gasteiger partial charge >= 0.3 is 0 Å². The summed E-state index contributed by atoms with van der Waals surface area (Å²) in [5.41, 5.74) is 29.9. The third kappa shape index (κ3) is 7.01. The van der Waals surface area contributed by atoms with Crippen molar-refractivity contribution in [2.75, 3.05) is 4.90 Å². The van der Waals surface area contributed by atoms with E-state index >= 15 is 0 Å². The van der Waals surface area contributed by atoms with Crippen LogP contribution in [0.3, 0.4) is 0 Å². The van der Waals surface area contributed by atoms with Gasteiger partial charge in [0.05, 0.1) is 5.41 Å². The lowest BCUT2D eigenvalue weighted by molar-refractivity contribution is 0.327. The fourth-order valence-electron chi connectivity index (χ4n) is 16.4. The zero-order valence-electron chi connectivity index (χ0n) is 47.8. The third-order valence-electron chi connectivity index (χ3n) is 20.2. The van der Waals surface area contributed by atoms with E-state index in [-0.39, 0.29) is 21.7 Å². The van der Waals surface area contributed by atoms with Gasteiger partial charge in [-0.1, -0.05) is 250 Å². The Balaban J connectivity index is 0.932. The Morgan fingerprint density at radius 2 is 0.825 bits per heavy atom. The Hall–Kier alpha value is -8.00. The summed E-state index contributed by atoms with van der Waals surface area (Å²) in [6.45, 7) is 18.7. The lowest BCUT2D eigenvalue weighted by Crippen LogP contribution is -2.32. The molecule has 0 heterocycles. The van der Waals surface area contributed by atoms with Gasteiger partial charge in [0, 0.05) is 27.9 Å². The minimum Gasteiger partial charge on any atom is -0.310 e. The van der Waals surface area contributed by atoms with Crippen LogP contribution in [-0.4, -0.2) is 0 Å². The summed E-state index contributed by atoms with van der Waals surface area (Å²) in [5, 5.41) is 0. The van der Waals surface area contributed by atoms with Crippen molar-refractivity contribution >= 4 is 17.1 Å². The highest BCUT2D eigenvalue weighted by molar-refractivity contribution is 5.95. The summed E-state index contributed by atoms with van der Waals surface area (Å²) >= 11 is 0. The van der Waals surface area contributed by atoms with Gasteiger partial charge in [0.2, 0.25) is 0 Å². The predicted molar refractivity (Wildman–Crippen MR) is 336 cm³/mol. The van der Waals surface area contributed by atoms with Crippen molar-refractivity contribution in [2.45, 2.75) is 108 Å². The van der Waals surface area contributed by atoms with Crippen molar-refractivity contribution in [1.82, 2.24) is 0 Å². The van der Waals surface area contributed by atoms with Crippen LogP contribution in [0.25, 0.3) is 55.6 Å². The number of fused-ring (bicyclic) bond motifs is 14. The maximum Gasteiger partial charge on any atom is 0.0714 e. The van der Waals surface area contributed by atoms with Crippen molar-refractivity contribution in [3.63, 3.8) is 0 Å². The van der Waals surface area contributed by atoms with Crippen LogP contribution in [0.4, 0.5) is 17.1 Å². The van der Waals surface area contributed by atoms with E-state index in [0.717, 1.165) is 17.3 Å². The van der Waals surface area contributed by atoms with Gasteiger partial charge in [0.1, 0.15) is 0 Å². The van der Waals surface area contributed by atoms with Gasteiger partial charge in [-0.3, -0.25) is 0 Å². The molecule has 0 N–H and O–H groups in total. The van der Waals surface area contributed by atoms with Crippen LogP contribution >= 0.6 is 0 Å². The first-order valence-electron chi connectivity index (χ1n) is 29.6. The average Bonchev–Trinajstić information content (AvgIpc) is 4.43. The van der Waals surface area contributed by atoms with Gasteiger partial charge in [-0.25, -0.2) is 0 Å². The summed E-state index contributed by atoms with van der Waals surface area (Å²) in [6.07, 6.45) is 5.25. The van der Waals surface area contributed by atoms with Crippen LogP contribution in [0.1, 0.15) is 137 Å². The van der Waals surface area contributed by atoms with Crippen LogP contribution in [0.15, 0.2) is 224 Å². The molecule has 0 saturated heterocycles. The number of nitrogens with zero attached hydrogens (tertiary/aromatic N) is 1. The molecule has 5 aliphatic rings. The Labute approximate surface area is 475 Å². The van der Waals surface area contributed by atoms with Gasteiger partial charge in [-0.15, -0.1) is 0 Å². The molecule has 392 valence electrons. The van der Waals surface area contributed by atoms with E-state index in [2.05, 4.69) is 285 Å². The second-order valence-corrected chi connectivity index (χ2v) is 26.8. The third-order valence-corrected chi connectivity index (χ3v) is 20.2. The zero-order valence-corrected chi connectivity index (χ0v) is 47.8. The Bertz CT molecular complexity index is 4060.